The molecule has 0 radical (unpaired) electrons. The molecule has 106 valence electrons. The zero-order valence-electron chi connectivity index (χ0n) is 9.95. The molecule has 0 saturated carbocycles. The van der Waals surface area contributed by atoms with E-state index in [1.54, 1.807) is 6.07 Å². The van der Waals surface area contributed by atoms with Crippen LogP contribution in [0.25, 0.3) is 0 Å². The van der Waals surface area contributed by atoms with Gasteiger partial charge in [0.25, 0.3) is 0 Å². The minimum atomic E-state index is -0.734. The quantitative estimate of drug-likeness (QED) is 0.817. The highest BCUT2D eigenvalue weighted by Crippen LogP contribution is 2.24. The maximum atomic E-state index is 13.5. The molecule has 8 heteroatoms. The standard InChI is InChI=1S/C12H9BrClF2N3O/c13-7-1-6(2-8(15)3-7)10(5-20)18-11-9(16)4-17-12(14)19-11/h1-4,10,20H,5H2,(H,17,18,19)/t10-/m1/s1. The van der Waals surface area contributed by atoms with Gasteiger partial charge in [0, 0.05) is 4.47 Å². The third kappa shape index (κ3) is 3.62. The summed E-state index contributed by atoms with van der Waals surface area (Å²) in [5, 5.41) is 11.9. The summed E-state index contributed by atoms with van der Waals surface area (Å²) in [6.45, 7) is -0.378. The van der Waals surface area contributed by atoms with Gasteiger partial charge in [-0.2, -0.15) is 4.98 Å². The van der Waals surface area contributed by atoms with Crippen LogP contribution in [-0.4, -0.2) is 21.7 Å². The molecule has 1 aromatic carbocycles. The summed E-state index contributed by atoms with van der Waals surface area (Å²) >= 11 is 8.73. The van der Waals surface area contributed by atoms with Gasteiger partial charge in [-0.15, -0.1) is 0 Å². The van der Waals surface area contributed by atoms with Gasteiger partial charge in [0.05, 0.1) is 18.8 Å². The Morgan fingerprint density at radius 2 is 2.10 bits per heavy atom. The van der Waals surface area contributed by atoms with Crippen LogP contribution in [0.4, 0.5) is 14.6 Å². The highest BCUT2D eigenvalue weighted by molar-refractivity contribution is 9.10. The Hall–Kier alpha value is -1.31. The fourth-order valence-corrected chi connectivity index (χ4v) is 2.24. The zero-order chi connectivity index (χ0) is 14.7. The van der Waals surface area contributed by atoms with Gasteiger partial charge in [0.15, 0.2) is 11.6 Å². The number of anilines is 1. The van der Waals surface area contributed by atoms with Gasteiger partial charge in [-0.1, -0.05) is 15.9 Å². The van der Waals surface area contributed by atoms with E-state index in [0.717, 1.165) is 6.20 Å². The molecule has 0 amide bonds. The van der Waals surface area contributed by atoms with Crippen LogP contribution in [0.2, 0.25) is 5.28 Å². The van der Waals surface area contributed by atoms with E-state index in [2.05, 4.69) is 31.2 Å². The first-order valence-electron chi connectivity index (χ1n) is 5.51. The Morgan fingerprint density at radius 1 is 1.35 bits per heavy atom. The van der Waals surface area contributed by atoms with E-state index in [-0.39, 0.29) is 17.7 Å². The fourth-order valence-electron chi connectivity index (χ4n) is 1.62. The van der Waals surface area contributed by atoms with Crippen molar-refractivity contribution in [2.45, 2.75) is 6.04 Å². The molecule has 0 bridgehead atoms. The average molecular weight is 365 g/mol. The molecule has 20 heavy (non-hydrogen) atoms. The first-order chi connectivity index (χ1) is 9.49. The Labute approximate surface area is 127 Å². The van der Waals surface area contributed by atoms with Crippen molar-refractivity contribution in [1.29, 1.82) is 0 Å². The topological polar surface area (TPSA) is 58.0 Å². The lowest BCUT2D eigenvalue weighted by Crippen LogP contribution is -2.17. The minimum absolute atomic E-state index is 0.133. The molecule has 0 saturated heterocycles. The Bertz CT molecular complexity index is 609. The molecule has 2 N–H and O–H groups in total. The van der Waals surface area contributed by atoms with Gasteiger partial charge in [-0.25, -0.2) is 13.8 Å². The smallest absolute Gasteiger partial charge is 0.224 e. The Kier molecular flexibility index (Phi) is 4.85. The van der Waals surface area contributed by atoms with Crippen molar-refractivity contribution in [3.63, 3.8) is 0 Å². The van der Waals surface area contributed by atoms with E-state index < -0.39 is 17.7 Å². The van der Waals surface area contributed by atoms with E-state index in [0.29, 0.717) is 10.0 Å². The molecule has 1 atom stereocenters. The van der Waals surface area contributed by atoms with E-state index in [9.17, 15) is 13.9 Å². The second kappa shape index (κ2) is 6.43. The van der Waals surface area contributed by atoms with E-state index in [4.69, 9.17) is 11.6 Å². The van der Waals surface area contributed by atoms with Crippen molar-refractivity contribution in [2.24, 2.45) is 0 Å². The van der Waals surface area contributed by atoms with E-state index in [1.807, 2.05) is 0 Å². The van der Waals surface area contributed by atoms with Gasteiger partial charge < -0.3 is 10.4 Å². The SMILES string of the molecule is OC[C@@H](Nc1nc(Cl)ncc1F)c1cc(F)cc(Br)c1. The van der Waals surface area contributed by atoms with Crippen LogP contribution in [0.15, 0.2) is 28.9 Å². The van der Waals surface area contributed by atoms with Gasteiger partial charge in [-0.05, 0) is 35.4 Å². The van der Waals surface area contributed by atoms with Crippen molar-refractivity contribution in [2.75, 3.05) is 11.9 Å². The van der Waals surface area contributed by atoms with Crippen molar-refractivity contribution in [3.05, 3.63) is 51.4 Å². The lowest BCUT2D eigenvalue weighted by Gasteiger charge is -2.18. The number of aliphatic hydroxyl groups is 1. The Balaban J connectivity index is 2.30. The summed E-state index contributed by atoms with van der Waals surface area (Å²) in [6.07, 6.45) is 0.910. The maximum Gasteiger partial charge on any atom is 0.224 e. The summed E-state index contributed by atoms with van der Waals surface area (Å²) in [5.74, 6) is -1.36. The van der Waals surface area contributed by atoms with E-state index in [1.165, 1.54) is 12.1 Å². The summed E-state index contributed by atoms with van der Waals surface area (Å²) < 4.78 is 27.4. The average Bonchev–Trinajstić information content (AvgIpc) is 2.38. The largest absolute Gasteiger partial charge is 0.394 e. The van der Waals surface area contributed by atoms with Crippen molar-refractivity contribution < 1.29 is 13.9 Å². The van der Waals surface area contributed by atoms with Crippen LogP contribution in [0.1, 0.15) is 11.6 Å². The van der Waals surface area contributed by atoms with Gasteiger partial charge in [0.1, 0.15) is 5.82 Å². The highest BCUT2D eigenvalue weighted by atomic mass is 79.9. The number of aromatic nitrogens is 2. The molecule has 0 aliphatic carbocycles. The lowest BCUT2D eigenvalue weighted by molar-refractivity contribution is 0.275. The van der Waals surface area contributed by atoms with Crippen LogP contribution >= 0.6 is 27.5 Å². The highest BCUT2D eigenvalue weighted by Gasteiger charge is 2.15. The third-order valence-corrected chi connectivity index (χ3v) is 3.14. The number of aliphatic hydroxyl groups excluding tert-OH is 1. The molecule has 1 aromatic heterocycles. The summed E-state index contributed by atoms with van der Waals surface area (Å²) in [5.41, 5.74) is 0.438. The molecule has 0 unspecified atom stereocenters. The molecule has 0 aliphatic heterocycles. The van der Waals surface area contributed by atoms with Gasteiger partial charge in [-0.3, -0.25) is 0 Å². The van der Waals surface area contributed by atoms with E-state index >= 15 is 0 Å². The lowest BCUT2D eigenvalue weighted by atomic mass is 10.1. The monoisotopic (exact) mass is 363 g/mol. The van der Waals surface area contributed by atoms with Crippen LogP contribution < -0.4 is 5.32 Å². The Morgan fingerprint density at radius 3 is 2.75 bits per heavy atom. The predicted molar refractivity (Wildman–Crippen MR) is 74.5 cm³/mol. The summed E-state index contributed by atoms with van der Waals surface area (Å²) in [6, 6.07) is 3.39. The van der Waals surface area contributed by atoms with Crippen LogP contribution in [0.3, 0.4) is 0 Å². The number of rotatable bonds is 4. The van der Waals surface area contributed by atoms with Crippen molar-refractivity contribution in [3.8, 4) is 0 Å². The first kappa shape index (κ1) is 15.1. The molecular weight excluding hydrogens is 356 g/mol. The van der Waals surface area contributed by atoms with Crippen molar-refractivity contribution in [1.82, 2.24) is 9.97 Å². The molecule has 4 nitrogen and oxygen atoms in total. The molecule has 0 aliphatic rings. The normalized spacial score (nSPS) is 12.2. The minimum Gasteiger partial charge on any atom is -0.394 e. The van der Waals surface area contributed by atoms with Crippen LogP contribution in [0.5, 0.6) is 0 Å². The number of hydrogen-bond acceptors (Lipinski definition) is 4. The van der Waals surface area contributed by atoms with Crippen LogP contribution in [-0.2, 0) is 0 Å². The number of hydrogen-bond donors (Lipinski definition) is 2. The zero-order valence-corrected chi connectivity index (χ0v) is 12.3. The maximum absolute atomic E-state index is 13.5. The number of nitrogens with one attached hydrogen (secondary N) is 1. The second-order valence-corrected chi connectivity index (χ2v) is 5.17. The summed E-state index contributed by atoms with van der Waals surface area (Å²) in [7, 11) is 0. The molecule has 0 fully saturated rings. The van der Waals surface area contributed by atoms with Crippen LogP contribution in [0, 0.1) is 11.6 Å². The van der Waals surface area contributed by atoms with Crippen molar-refractivity contribution >= 4 is 33.3 Å². The number of halogens is 4. The molecule has 2 aromatic rings. The second-order valence-electron chi connectivity index (χ2n) is 3.92. The first-order valence-corrected chi connectivity index (χ1v) is 6.68. The molecule has 1 heterocycles. The molecule has 2 rings (SSSR count). The number of nitrogens with zero attached hydrogens (tertiary/aromatic N) is 2. The summed E-state index contributed by atoms with van der Waals surface area (Å²) in [4.78, 5) is 7.17. The van der Waals surface area contributed by atoms with Gasteiger partial charge >= 0.3 is 0 Å². The predicted octanol–water partition coefficient (Wildman–Crippen LogP) is 3.32. The molecule has 0 spiro atoms. The molecular formula is C12H9BrClF2N3O. The van der Waals surface area contributed by atoms with Gasteiger partial charge in [0.2, 0.25) is 5.28 Å². The third-order valence-electron chi connectivity index (χ3n) is 2.50. The fraction of sp³-hybridized carbons (Fsp3) is 0.167. The number of benzene rings is 1.